The Labute approximate surface area is 142 Å². The minimum absolute atomic E-state index is 0.0281. The van der Waals surface area contributed by atoms with E-state index in [0.717, 1.165) is 12.0 Å². The zero-order valence-electron chi connectivity index (χ0n) is 13.9. The van der Waals surface area contributed by atoms with E-state index >= 15 is 0 Å². The average Bonchev–Trinajstić information content (AvgIpc) is 2.57. The van der Waals surface area contributed by atoms with Gasteiger partial charge in [-0.05, 0) is 44.0 Å². The van der Waals surface area contributed by atoms with Crippen LogP contribution in [0.3, 0.4) is 0 Å². The molecule has 5 nitrogen and oxygen atoms in total. The predicted molar refractivity (Wildman–Crippen MR) is 94.1 cm³/mol. The lowest BCUT2D eigenvalue weighted by atomic mass is 10.1. The van der Waals surface area contributed by atoms with Gasteiger partial charge in [-0.15, -0.1) is 0 Å². The summed E-state index contributed by atoms with van der Waals surface area (Å²) in [6, 6.07) is 16.6. The Morgan fingerprint density at radius 2 is 1.96 bits per heavy atom. The molecule has 124 valence electrons. The van der Waals surface area contributed by atoms with Crippen LogP contribution in [0.4, 0.5) is 10.5 Å². The zero-order chi connectivity index (χ0) is 17.4. The Morgan fingerprint density at radius 1 is 1.21 bits per heavy atom. The van der Waals surface area contributed by atoms with Crippen molar-refractivity contribution in [3.8, 4) is 11.8 Å². The van der Waals surface area contributed by atoms with Gasteiger partial charge in [0.2, 0.25) is 0 Å². The highest BCUT2D eigenvalue weighted by atomic mass is 16.5. The Bertz CT molecular complexity index is 721. The van der Waals surface area contributed by atoms with Crippen molar-refractivity contribution in [2.45, 2.75) is 26.4 Å². The Morgan fingerprint density at radius 3 is 2.62 bits per heavy atom. The number of rotatable bonds is 6. The summed E-state index contributed by atoms with van der Waals surface area (Å²) in [5.41, 5.74) is 2.11. The van der Waals surface area contributed by atoms with Crippen molar-refractivity contribution >= 4 is 11.7 Å². The fraction of sp³-hybridized carbons (Fsp3) is 0.263. The van der Waals surface area contributed by atoms with E-state index < -0.39 is 0 Å². The van der Waals surface area contributed by atoms with Crippen LogP contribution in [0.1, 0.15) is 25.0 Å². The minimum atomic E-state index is -0.324. The molecule has 5 heteroatoms. The van der Waals surface area contributed by atoms with Gasteiger partial charge in [0.1, 0.15) is 5.75 Å². The highest BCUT2D eigenvalue weighted by molar-refractivity contribution is 5.91. The van der Waals surface area contributed by atoms with Gasteiger partial charge in [-0.1, -0.05) is 30.3 Å². The van der Waals surface area contributed by atoms with Crippen molar-refractivity contribution in [1.82, 2.24) is 5.32 Å². The standard InChI is InChI=1S/C19H21N3O2/c1-14(2)24-18-9-8-16(13-20)12-17(18)22-19(23)21-11-10-15-6-4-3-5-7-15/h3-9,12,14H,10-11H2,1-2H3,(H2,21,22,23). The van der Waals surface area contributed by atoms with Gasteiger partial charge in [-0.3, -0.25) is 0 Å². The molecule has 24 heavy (non-hydrogen) atoms. The van der Waals surface area contributed by atoms with Gasteiger partial charge < -0.3 is 15.4 Å². The summed E-state index contributed by atoms with van der Waals surface area (Å²) >= 11 is 0. The van der Waals surface area contributed by atoms with E-state index in [2.05, 4.69) is 16.7 Å². The molecule has 0 fully saturated rings. The number of benzene rings is 2. The second kappa shape index (κ2) is 8.59. The first kappa shape index (κ1) is 17.4. The van der Waals surface area contributed by atoms with E-state index in [9.17, 15) is 4.79 Å². The van der Waals surface area contributed by atoms with Crippen LogP contribution in [0.2, 0.25) is 0 Å². The van der Waals surface area contributed by atoms with Gasteiger partial charge in [0.25, 0.3) is 0 Å². The van der Waals surface area contributed by atoms with Crippen LogP contribution in [-0.4, -0.2) is 18.7 Å². The molecule has 0 saturated heterocycles. The number of urea groups is 1. The Hall–Kier alpha value is -3.00. The summed E-state index contributed by atoms with van der Waals surface area (Å²) in [6.07, 6.45) is 0.724. The van der Waals surface area contributed by atoms with E-state index in [1.165, 1.54) is 0 Å². The third-order valence-electron chi connectivity index (χ3n) is 3.26. The molecule has 0 atom stereocenters. The number of nitriles is 1. The highest BCUT2D eigenvalue weighted by Crippen LogP contribution is 2.26. The van der Waals surface area contributed by atoms with Crippen LogP contribution in [0.5, 0.6) is 5.75 Å². The molecule has 0 aromatic heterocycles. The van der Waals surface area contributed by atoms with Crippen LogP contribution in [-0.2, 0) is 6.42 Å². The molecule has 0 aliphatic heterocycles. The molecule has 0 aliphatic carbocycles. The maximum Gasteiger partial charge on any atom is 0.319 e. The summed E-state index contributed by atoms with van der Waals surface area (Å²) in [6.45, 7) is 4.33. The molecule has 0 unspecified atom stereocenters. The Balaban J connectivity index is 1.96. The molecule has 0 heterocycles. The van der Waals surface area contributed by atoms with E-state index in [-0.39, 0.29) is 12.1 Å². The SMILES string of the molecule is CC(C)Oc1ccc(C#N)cc1NC(=O)NCCc1ccccc1. The molecule has 2 aromatic carbocycles. The number of nitrogens with one attached hydrogen (secondary N) is 2. The number of ether oxygens (including phenoxy) is 1. The summed E-state index contributed by atoms with van der Waals surface area (Å²) in [5, 5.41) is 14.6. The predicted octanol–water partition coefficient (Wildman–Crippen LogP) is 3.71. The van der Waals surface area contributed by atoms with Crippen molar-refractivity contribution in [1.29, 1.82) is 5.26 Å². The quantitative estimate of drug-likeness (QED) is 0.851. The van der Waals surface area contributed by atoms with Crippen LogP contribution in [0.15, 0.2) is 48.5 Å². The topological polar surface area (TPSA) is 74.1 Å². The largest absolute Gasteiger partial charge is 0.489 e. The van der Waals surface area contributed by atoms with Gasteiger partial charge >= 0.3 is 6.03 Å². The van der Waals surface area contributed by atoms with Gasteiger partial charge in [0.05, 0.1) is 23.4 Å². The van der Waals surface area contributed by atoms with Crippen molar-refractivity contribution in [2.24, 2.45) is 0 Å². The second-order valence-corrected chi connectivity index (χ2v) is 5.61. The number of carbonyl (C=O) groups excluding carboxylic acids is 1. The Kier molecular flexibility index (Phi) is 6.21. The first-order valence-electron chi connectivity index (χ1n) is 7.88. The van der Waals surface area contributed by atoms with Crippen LogP contribution in [0, 0.1) is 11.3 Å². The number of anilines is 1. The lowest BCUT2D eigenvalue weighted by Gasteiger charge is -2.15. The second-order valence-electron chi connectivity index (χ2n) is 5.61. The zero-order valence-corrected chi connectivity index (χ0v) is 13.9. The molecule has 2 N–H and O–H groups in total. The molecule has 0 saturated carbocycles. The monoisotopic (exact) mass is 323 g/mol. The van der Waals surface area contributed by atoms with Gasteiger partial charge in [-0.2, -0.15) is 5.26 Å². The van der Waals surface area contributed by atoms with E-state index in [0.29, 0.717) is 23.5 Å². The van der Waals surface area contributed by atoms with Gasteiger partial charge in [0, 0.05) is 6.54 Å². The first-order chi connectivity index (χ1) is 11.6. The molecule has 0 bridgehead atoms. The van der Waals surface area contributed by atoms with Crippen LogP contribution < -0.4 is 15.4 Å². The average molecular weight is 323 g/mol. The van der Waals surface area contributed by atoms with Gasteiger partial charge in [-0.25, -0.2) is 4.79 Å². The number of nitrogens with zero attached hydrogens (tertiary/aromatic N) is 1. The maximum atomic E-state index is 12.1. The molecule has 0 radical (unpaired) electrons. The molecular formula is C19H21N3O2. The molecule has 0 spiro atoms. The lowest BCUT2D eigenvalue weighted by molar-refractivity contribution is 0.241. The summed E-state index contributed by atoms with van der Waals surface area (Å²) in [7, 11) is 0. The van der Waals surface area contributed by atoms with Crippen molar-refractivity contribution < 1.29 is 9.53 Å². The third kappa shape index (κ3) is 5.33. The van der Waals surface area contributed by atoms with E-state index in [4.69, 9.17) is 10.00 Å². The van der Waals surface area contributed by atoms with Crippen molar-refractivity contribution in [3.63, 3.8) is 0 Å². The van der Waals surface area contributed by atoms with Crippen molar-refractivity contribution in [2.75, 3.05) is 11.9 Å². The summed E-state index contributed by atoms with van der Waals surface area (Å²) in [4.78, 5) is 12.1. The first-order valence-corrected chi connectivity index (χ1v) is 7.88. The molecule has 2 aromatic rings. The van der Waals surface area contributed by atoms with E-state index in [1.54, 1.807) is 18.2 Å². The molecule has 2 rings (SSSR count). The van der Waals surface area contributed by atoms with Crippen LogP contribution >= 0.6 is 0 Å². The fourth-order valence-corrected chi connectivity index (χ4v) is 2.19. The number of amides is 2. The smallest absolute Gasteiger partial charge is 0.319 e. The van der Waals surface area contributed by atoms with Gasteiger partial charge in [0.15, 0.2) is 0 Å². The molecule has 0 aliphatic rings. The summed E-state index contributed by atoms with van der Waals surface area (Å²) in [5.74, 6) is 0.544. The third-order valence-corrected chi connectivity index (χ3v) is 3.26. The minimum Gasteiger partial charge on any atom is -0.489 e. The van der Waals surface area contributed by atoms with Crippen molar-refractivity contribution in [3.05, 3.63) is 59.7 Å². The number of hydrogen-bond donors (Lipinski definition) is 2. The maximum absolute atomic E-state index is 12.1. The highest BCUT2D eigenvalue weighted by Gasteiger charge is 2.10. The number of carbonyl (C=O) groups is 1. The van der Waals surface area contributed by atoms with E-state index in [1.807, 2.05) is 44.2 Å². The van der Waals surface area contributed by atoms with Crippen LogP contribution in [0.25, 0.3) is 0 Å². The number of hydrogen-bond acceptors (Lipinski definition) is 3. The lowest BCUT2D eigenvalue weighted by Crippen LogP contribution is -2.30. The normalized spacial score (nSPS) is 10.1. The molecule has 2 amide bonds. The fourth-order valence-electron chi connectivity index (χ4n) is 2.19. The molecular weight excluding hydrogens is 302 g/mol. The summed E-state index contributed by atoms with van der Waals surface area (Å²) < 4.78 is 5.67.